The lowest BCUT2D eigenvalue weighted by Crippen LogP contribution is -2.67. The zero-order valence-electron chi connectivity index (χ0n) is 16.8. The first-order valence-electron chi connectivity index (χ1n) is 9.58. The molecule has 0 spiro atoms. The monoisotopic (exact) mass is 422 g/mol. The van der Waals surface area contributed by atoms with Crippen molar-refractivity contribution in [2.75, 3.05) is 6.54 Å². The van der Waals surface area contributed by atoms with Crippen LogP contribution in [0.2, 0.25) is 0 Å². The molecule has 10 atom stereocenters. The van der Waals surface area contributed by atoms with Gasteiger partial charge in [-0.2, -0.15) is 0 Å². The molecule has 12 nitrogen and oxygen atoms in total. The van der Waals surface area contributed by atoms with Gasteiger partial charge < -0.3 is 57.2 Å². The second-order valence-electron chi connectivity index (χ2n) is 8.63. The van der Waals surface area contributed by atoms with E-state index >= 15 is 0 Å². The van der Waals surface area contributed by atoms with Crippen molar-refractivity contribution in [1.82, 2.24) is 5.32 Å². The van der Waals surface area contributed by atoms with E-state index in [0.717, 1.165) is 0 Å². The van der Waals surface area contributed by atoms with E-state index in [-0.39, 0.29) is 13.0 Å². The third-order valence-corrected chi connectivity index (χ3v) is 4.98. The lowest BCUT2D eigenvalue weighted by molar-refractivity contribution is -0.288. The Labute approximate surface area is 169 Å². The molecule has 0 aromatic rings. The summed E-state index contributed by atoms with van der Waals surface area (Å²) in [6.07, 6.45) is -9.37. The van der Waals surface area contributed by atoms with Crippen molar-refractivity contribution < 1.29 is 39.4 Å². The highest BCUT2D eigenvalue weighted by Crippen LogP contribution is 2.27. The van der Waals surface area contributed by atoms with Crippen LogP contribution in [0.25, 0.3) is 0 Å². The van der Waals surface area contributed by atoms with Gasteiger partial charge in [0, 0.05) is 18.6 Å². The van der Waals surface area contributed by atoms with Gasteiger partial charge in [-0.25, -0.2) is 4.79 Å². The van der Waals surface area contributed by atoms with E-state index in [9.17, 15) is 25.2 Å². The molecule has 12 heteroatoms. The minimum Gasteiger partial charge on any atom is -0.444 e. The van der Waals surface area contributed by atoms with Gasteiger partial charge in [-0.15, -0.1) is 0 Å². The summed E-state index contributed by atoms with van der Waals surface area (Å²) in [5.41, 5.74) is 16.9. The fourth-order valence-electron chi connectivity index (χ4n) is 3.37. The van der Waals surface area contributed by atoms with E-state index in [1.165, 1.54) is 0 Å². The first-order chi connectivity index (χ1) is 13.3. The van der Waals surface area contributed by atoms with Crippen LogP contribution in [0.4, 0.5) is 4.79 Å². The van der Waals surface area contributed by atoms with E-state index in [0.29, 0.717) is 0 Å². The summed E-state index contributed by atoms with van der Waals surface area (Å²) in [7, 11) is 0. The summed E-state index contributed by atoms with van der Waals surface area (Å²) in [4.78, 5) is 11.8. The number of hydrogen-bond donors (Lipinski definition) is 8. The number of alkyl carbamates (subject to hydrolysis) is 1. The highest BCUT2D eigenvalue weighted by atomic mass is 16.7. The highest BCUT2D eigenvalue weighted by Gasteiger charge is 2.48. The average molecular weight is 422 g/mol. The Hall–Kier alpha value is -1.09. The van der Waals surface area contributed by atoms with Crippen LogP contribution in [-0.4, -0.2) is 99.7 Å². The van der Waals surface area contributed by atoms with Crippen LogP contribution >= 0.6 is 0 Å². The summed E-state index contributed by atoms with van der Waals surface area (Å²) >= 11 is 0. The van der Waals surface area contributed by atoms with Gasteiger partial charge in [-0.3, -0.25) is 0 Å². The number of carbonyl (C=O) groups excluding carboxylic acids is 1. The van der Waals surface area contributed by atoms with Gasteiger partial charge >= 0.3 is 6.09 Å². The molecule has 1 saturated carbocycles. The third-order valence-electron chi connectivity index (χ3n) is 4.98. The number of hydrogen-bond acceptors (Lipinski definition) is 11. The summed E-state index contributed by atoms with van der Waals surface area (Å²) < 4.78 is 16.4. The number of aliphatic hydroxyl groups excluding tert-OH is 4. The summed E-state index contributed by atoms with van der Waals surface area (Å²) in [5, 5.41) is 43.1. The summed E-state index contributed by atoms with van der Waals surface area (Å²) in [6, 6.07) is -2.57. The van der Waals surface area contributed by atoms with Crippen LogP contribution in [0.5, 0.6) is 0 Å². The SMILES string of the molecule is CC(C)(C)OC(=O)NC[C@H]1O[C@H](O[C@H]2[C@H](O)[C@@H](O)[C@H](N)C[C@@H]2N)[C@H](N)[C@@H](O)[C@@H]1O. The summed E-state index contributed by atoms with van der Waals surface area (Å²) in [5.74, 6) is 0. The highest BCUT2D eigenvalue weighted by molar-refractivity contribution is 5.67. The predicted octanol–water partition coefficient (Wildman–Crippen LogP) is -3.55. The molecule has 2 aliphatic rings. The minimum atomic E-state index is -1.43. The molecule has 1 aliphatic carbocycles. The first kappa shape index (κ1) is 24.2. The Balaban J connectivity index is 2.02. The largest absolute Gasteiger partial charge is 0.444 e. The third kappa shape index (κ3) is 5.96. The number of ether oxygens (including phenoxy) is 3. The smallest absolute Gasteiger partial charge is 0.407 e. The lowest BCUT2D eigenvalue weighted by atomic mass is 9.84. The Bertz CT molecular complexity index is 562. The Kier molecular flexibility index (Phi) is 7.81. The molecule has 0 aromatic carbocycles. The maximum Gasteiger partial charge on any atom is 0.407 e. The quantitative estimate of drug-likeness (QED) is 0.222. The molecule has 0 radical (unpaired) electrons. The number of nitrogens with two attached hydrogens (primary N) is 3. The molecule has 2 rings (SSSR count). The standard InChI is InChI=1S/C17H34N4O8/c1-17(2,3)29-16(26)21-5-8-11(23)12(24)9(20)15(27-8)28-14-7(19)4-6(18)10(22)13(14)25/h6-15,22-25H,4-5,18-20H2,1-3H3,(H,21,26)/t6-,7+,8-,9-,10+,11-,12-,13-,14-,15-/m1/s1. The predicted molar refractivity (Wildman–Crippen MR) is 100 cm³/mol. The molecule has 11 N–H and O–H groups in total. The molecule has 2 fully saturated rings. The number of amides is 1. The van der Waals surface area contributed by atoms with Crippen LogP contribution in [-0.2, 0) is 14.2 Å². The van der Waals surface area contributed by atoms with Crippen molar-refractivity contribution in [3.8, 4) is 0 Å². The van der Waals surface area contributed by atoms with E-state index < -0.39 is 72.7 Å². The fraction of sp³-hybridized carbons (Fsp3) is 0.941. The van der Waals surface area contributed by atoms with Gasteiger partial charge in [-0.05, 0) is 27.2 Å². The van der Waals surface area contributed by atoms with Crippen molar-refractivity contribution in [3.63, 3.8) is 0 Å². The van der Waals surface area contributed by atoms with E-state index in [4.69, 9.17) is 31.4 Å². The maximum atomic E-state index is 11.8. The van der Waals surface area contributed by atoms with Gasteiger partial charge in [-0.1, -0.05) is 0 Å². The zero-order valence-corrected chi connectivity index (χ0v) is 16.8. The van der Waals surface area contributed by atoms with Gasteiger partial charge in [0.15, 0.2) is 6.29 Å². The molecule has 1 saturated heterocycles. The van der Waals surface area contributed by atoms with Gasteiger partial charge in [0.25, 0.3) is 0 Å². The number of rotatable bonds is 4. The molecule has 1 heterocycles. The van der Waals surface area contributed by atoms with Crippen molar-refractivity contribution in [2.24, 2.45) is 17.2 Å². The second-order valence-corrected chi connectivity index (χ2v) is 8.63. The summed E-state index contributed by atoms with van der Waals surface area (Å²) in [6.45, 7) is 4.91. The van der Waals surface area contributed by atoms with Crippen molar-refractivity contribution in [2.45, 2.75) is 93.8 Å². The normalized spacial score (nSPS) is 43.7. The van der Waals surface area contributed by atoms with E-state index in [1.54, 1.807) is 20.8 Å². The Morgan fingerprint density at radius 2 is 1.66 bits per heavy atom. The molecule has 1 aliphatic heterocycles. The molecular weight excluding hydrogens is 388 g/mol. The van der Waals surface area contributed by atoms with Crippen LogP contribution in [0.15, 0.2) is 0 Å². The van der Waals surface area contributed by atoms with Gasteiger partial charge in [0.05, 0.1) is 12.1 Å². The van der Waals surface area contributed by atoms with Crippen LogP contribution < -0.4 is 22.5 Å². The Morgan fingerprint density at radius 3 is 2.24 bits per heavy atom. The number of aliphatic hydroxyl groups is 4. The molecule has 0 unspecified atom stereocenters. The van der Waals surface area contributed by atoms with E-state index in [2.05, 4.69) is 5.32 Å². The number of nitrogens with one attached hydrogen (secondary N) is 1. The van der Waals surface area contributed by atoms with Crippen LogP contribution in [0.3, 0.4) is 0 Å². The maximum absolute atomic E-state index is 11.8. The average Bonchev–Trinajstić information content (AvgIpc) is 2.60. The van der Waals surface area contributed by atoms with Crippen LogP contribution in [0.1, 0.15) is 27.2 Å². The molecule has 0 aromatic heterocycles. The zero-order chi connectivity index (χ0) is 22.1. The molecule has 0 bridgehead atoms. The molecular formula is C17H34N4O8. The number of carbonyl (C=O) groups is 1. The second kappa shape index (κ2) is 9.37. The van der Waals surface area contributed by atoms with Crippen molar-refractivity contribution in [3.05, 3.63) is 0 Å². The molecule has 29 heavy (non-hydrogen) atoms. The fourth-order valence-corrected chi connectivity index (χ4v) is 3.37. The van der Waals surface area contributed by atoms with Crippen LogP contribution in [0, 0.1) is 0 Å². The van der Waals surface area contributed by atoms with Crippen molar-refractivity contribution >= 4 is 6.09 Å². The van der Waals surface area contributed by atoms with E-state index in [1.807, 2.05) is 0 Å². The van der Waals surface area contributed by atoms with Gasteiger partial charge in [0.1, 0.15) is 36.1 Å². The molecule has 170 valence electrons. The first-order valence-corrected chi connectivity index (χ1v) is 9.58. The lowest BCUT2D eigenvalue weighted by Gasteiger charge is -2.45. The van der Waals surface area contributed by atoms with Crippen molar-refractivity contribution in [1.29, 1.82) is 0 Å². The Morgan fingerprint density at radius 1 is 1.03 bits per heavy atom. The molecule has 1 amide bonds. The van der Waals surface area contributed by atoms with Gasteiger partial charge in [0.2, 0.25) is 0 Å². The topological polar surface area (TPSA) is 216 Å². The minimum absolute atomic E-state index is 0.188.